The Labute approximate surface area is 142 Å². The number of nitrogens with zero attached hydrogens (tertiary/aromatic N) is 4. The lowest BCUT2D eigenvalue weighted by molar-refractivity contribution is 0.182. The second-order valence-corrected chi connectivity index (χ2v) is 6.76. The minimum atomic E-state index is -0.0832. The molecular weight excluding hydrogens is 302 g/mol. The Morgan fingerprint density at radius 1 is 1.25 bits per heavy atom. The fraction of sp³-hybridized carbons (Fsp3) is 0.500. The molecule has 0 unspecified atom stereocenters. The quantitative estimate of drug-likeness (QED) is 0.943. The number of nitrogens with one attached hydrogen (secondary N) is 1. The summed E-state index contributed by atoms with van der Waals surface area (Å²) < 4.78 is 1.57. The van der Waals surface area contributed by atoms with Crippen LogP contribution in [0.2, 0.25) is 0 Å². The molecule has 0 spiro atoms. The van der Waals surface area contributed by atoms with E-state index in [1.165, 1.54) is 16.7 Å². The van der Waals surface area contributed by atoms with Crippen molar-refractivity contribution in [2.24, 2.45) is 13.0 Å². The Morgan fingerprint density at radius 2 is 2.00 bits per heavy atom. The molecule has 6 nitrogen and oxygen atoms in total. The smallest absolute Gasteiger partial charge is 0.323 e. The number of hydrogen-bond donors (Lipinski definition) is 1. The highest BCUT2D eigenvalue weighted by molar-refractivity contribution is 5.88. The number of carbonyl (C=O) groups is 1. The zero-order chi connectivity index (χ0) is 17.1. The summed E-state index contributed by atoms with van der Waals surface area (Å²) in [5.41, 5.74) is 4.10. The SMILES string of the molecule is Cc1ccc(CC2CCN(C(=O)Nc3cn(C)nn3)CC2)cc1C. The molecule has 128 valence electrons. The maximum atomic E-state index is 12.3. The van der Waals surface area contributed by atoms with Crippen LogP contribution in [0.4, 0.5) is 10.6 Å². The molecule has 2 heterocycles. The van der Waals surface area contributed by atoms with Crippen LogP contribution >= 0.6 is 0 Å². The number of benzene rings is 1. The first-order chi connectivity index (χ1) is 11.5. The van der Waals surface area contributed by atoms with Gasteiger partial charge < -0.3 is 4.90 Å². The van der Waals surface area contributed by atoms with Crippen molar-refractivity contribution in [1.29, 1.82) is 0 Å². The Hall–Kier alpha value is -2.37. The molecule has 1 aliphatic heterocycles. The number of piperidine rings is 1. The average molecular weight is 327 g/mol. The highest BCUT2D eigenvalue weighted by Crippen LogP contribution is 2.23. The number of aromatic nitrogens is 3. The molecule has 0 saturated carbocycles. The molecule has 1 aromatic heterocycles. The molecule has 0 aliphatic carbocycles. The molecule has 1 N–H and O–H groups in total. The summed E-state index contributed by atoms with van der Waals surface area (Å²) >= 11 is 0. The number of rotatable bonds is 3. The summed E-state index contributed by atoms with van der Waals surface area (Å²) in [4.78, 5) is 14.1. The summed E-state index contributed by atoms with van der Waals surface area (Å²) in [6.07, 6.45) is 4.88. The van der Waals surface area contributed by atoms with Crippen LogP contribution in [-0.4, -0.2) is 39.0 Å². The Kier molecular flexibility index (Phi) is 4.83. The third kappa shape index (κ3) is 3.93. The van der Waals surface area contributed by atoms with Crippen molar-refractivity contribution in [3.05, 3.63) is 41.1 Å². The van der Waals surface area contributed by atoms with E-state index in [0.29, 0.717) is 11.7 Å². The third-order valence-corrected chi connectivity index (χ3v) is 4.84. The van der Waals surface area contributed by atoms with Crippen molar-refractivity contribution in [3.8, 4) is 0 Å². The number of amides is 2. The van der Waals surface area contributed by atoms with Crippen molar-refractivity contribution in [1.82, 2.24) is 19.9 Å². The summed E-state index contributed by atoms with van der Waals surface area (Å²) in [6.45, 7) is 5.90. The first kappa shape index (κ1) is 16.5. The Balaban J connectivity index is 1.50. The van der Waals surface area contributed by atoms with Gasteiger partial charge in [0, 0.05) is 20.1 Å². The van der Waals surface area contributed by atoms with E-state index >= 15 is 0 Å². The van der Waals surface area contributed by atoms with Gasteiger partial charge >= 0.3 is 6.03 Å². The lowest BCUT2D eigenvalue weighted by atomic mass is 9.89. The van der Waals surface area contributed by atoms with Gasteiger partial charge in [-0.15, -0.1) is 5.10 Å². The highest BCUT2D eigenvalue weighted by atomic mass is 16.2. The Morgan fingerprint density at radius 3 is 2.62 bits per heavy atom. The zero-order valence-corrected chi connectivity index (χ0v) is 14.6. The molecule has 1 fully saturated rings. The molecule has 1 saturated heterocycles. The predicted molar refractivity (Wildman–Crippen MR) is 93.9 cm³/mol. The number of anilines is 1. The van der Waals surface area contributed by atoms with E-state index < -0.39 is 0 Å². The number of urea groups is 1. The monoisotopic (exact) mass is 327 g/mol. The maximum Gasteiger partial charge on any atom is 0.323 e. The van der Waals surface area contributed by atoms with Gasteiger partial charge in [-0.05, 0) is 55.7 Å². The van der Waals surface area contributed by atoms with Gasteiger partial charge in [-0.25, -0.2) is 4.79 Å². The summed E-state index contributed by atoms with van der Waals surface area (Å²) in [5.74, 6) is 1.15. The van der Waals surface area contributed by atoms with Crippen LogP contribution in [-0.2, 0) is 13.5 Å². The summed E-state index contributed by atoms with van der Waals surface area (Å²) in [5, 5.41) is 10.5. The van der Waals surface area contributed by atoms with Crippen molar-refractivity contribution in [2.45, 2.75) is 33.1 Å². The minimum absolute atomic E-state index is 0.0832. The van der Waals surface area contributed by atoms with Gasteiger partial charge in [0.2, 0.25) is 0 Å². The van der Waals surface area contributed by atoms with E-state index in [-0.39, 0.29) is 6.03 Å². The number of likely N-dealkylation sites (tertiary alicyclic amines) is 1. The van der Waals surface area contributed by atoms with Crippen molar-refractivity contribution >= 4 is 11.8 Å². The molecule has 1 aliphatic rings. The Bertz CT molecular complexity index is 716. The van der Waals surface area contributed by atoms with Crippen LogP contribution in [0.3, 0.4) is 0 Å². The molecule has 2 aromatic rings. The topological polar surface area (TPSA) is 63.1 Å². The normalized spacial score (nSPS) is 15.5. The van der Waals surface area contributed by atoms with E-state index in [0.717, 1.165) is 32.4 Å². The van der Waals surface area contributed by atoms with Crippen molar-refractivity contribution in [3.63, 3.8) is 0 Å². The maximum absolute atomic E-state index is 12.3. The van der Waals surface area contributed by atoms with Crippen LogP contribution in [0.15, 0.2) is 24.4 Å². The van der Waals surface area contributed by atoms with E-state index in [1.54, 1.807) is 17.9 Å². The second-order valence-electron chi connectivity index (χ2n) is 6.76. The molecule has 6 heteroatoms. The molecular formula is C18H25N5O. The van der Waals surface area contributed by atoms with Gasteiger partial charge in [-0.2, -0.15) is 0 Å². The lowest BCUT2D eigenvalue weighted by Crippen LogP contribution is -2.41. The molecule has 3 rings (SSSR count). The van der Waals surface area contributed by atoms with Crippen LogP contribution in [0, 0.1) is 19.8 Å². The number of aryl methyl sites for hydroxylation is 3. The van der Waals surface area contributed by atoms with Crippen LogP contribution in [0.1, 0.15) is 29.5 Å². The van der Waals surface area contributed by atoms with E-state index in [1.807, 2.05) is 4.90 Å². The van der Waals surface area contributed by atoms with Gasteiger partial charge in [-0.1, -0.05) is 23.4 Å². The summed E-state index contributed by atoms with van der Waals surface area (Å²) in [6, 6.07) is 6.65. The predicted octanol–water partition coefficient (Wildman–Crippen LogP) is 2.92. The minimum Gasteiger partial charge on any atom is -0.324 e. The average Bonchev–Trinajstić information content (AvgIpc) is 2.96. The lowest BCUT2D eigenvalue weighted by Gasteiger charge is -2.32. The fourth-order valence-electron chi connectivity index (χ4n) is 3.20. The van der Waals surface area contributed by atoms with Crippen LogP contribution in [0.5, 0.6) is 0 Å². The third-order valence-electron chi connectivity index (χ3n) is 4.84. The van der Waals surface area contributed by atoms with Gasteiger partial charge in [0.1, 0.15) is 0 Å². The standard InChI is InChI=1S/C18H25N5O/c1-13-4-5-16(10-14(13)2)11-15-6-8-23(9-7-15)18(24)19-17-12-22(3)21-20-17/h4-5,10,12,15H,6-9,11H2,1-3H3,(H,19,24). The molecule has 24 heavy (non-hydrogen) atoms. The van der Waals surface area contributed by atoms with Gasteiger partial charge in [-0.3, -0.25) is 10.00 Å². The van der Waals surface area contributed by atoms with Gasteiger partial charge in [0.05, 0.1) is 6.20 Å². The first-order valence-electron chi connectivity index (χ1n) is 8.49. The van der Waals surface area contributed by atoms with Gasteiger partial charge in [0.15, 0.2) is 5.82 Å². The van der Waals surface area contributed by atoms with Crippen molar-refractivity contribution in [2.75, 3.05) is 18.4 Å². The molecule has 0 radical (unpaired) electrons. The fourth-order valence-corrected chi connectivity index (χ4v) is 3.20. The van der Waals surface area contributed by atoms with E-state index in [4.69, 9.17) is 0 Å². The van der Waals surface area contributed by atoms with Crippen LogP contribution < -0.4 is 5.32 Å². The number of hydrogen-bond acceptors (Lipinski definition) is 3. The zero-order valence-electron chi connectivity index (χ0n) is 14.6. The largest absolute Gasteiger partial charge is 0.324 e. The van der Waals surface area contributed by atoms with E-state index in [2.05, 4.69) is 47.7 Å². The molecule has 1 aromatic carbocycles. The first-order valence-corrected chi connectivity index (χ1v) is 8.49. The second kappa shape index (κ2) is 7.03. The van der Waals surface area contributed by atoms with Gasteiger partial charge in [0.25, 0.3) is 0 Å². The molecule has 0 bridgehead atoms. The highest BCUT2D eigenvalue weighted by Gasteiger charge is 2.23. The number of carbonyl (C=O) groups excluding carboxylic acids is 1. The summed E-state index contributed by atoms with van der Waals surface area (Å²) in [7, 11) is 1.78. The molecule has 2 amide bonds. The van der Waals surface area contributed by atoms with E-state index in [9.17, 15) is 4.79 Å². The molecule has 0 atom stereocenters. The van der Waals surface area contributed by atoms with Crippen LogP contribution in [0.25, 0.3) is 0 Å². The van der Waals surface area contributed by atoms with Crippen molar-refractivity contribution < 1.29 is 4.79 Å².